The first kappa shape index (κ1) is 9.49. The summed E-state index contributed by atoms with van der Waals surface area (Å²) in [6.07, 6.45) is 1.67. The molecule has 4 heteroatoms. The van der Waals surface area contributed by atoms with E-state index in [4.69, 9.17) is 11.6 Å². The van der Waals surface area contributed by atoms with E-state index >= 15 is 0 Å². The molecule has 0 saturated carbocycles. The van der Waals surface area contributed by atoms with E-state index in [9.17, 15) is 0 Å². The highest BCUT2D eigenvalue weighted by Crippen LogP contribution is 2.19. The highest BCUT2D eigenvalue weighted by atomic mass is 35.5. The molecule has 2 aromatic rings. The summed E-state index contributed by atoms with van der Waals surface area (Å²) in [6.45, 7) is 0.724. The number of nitrogens with one attached hydrogen (secondary N) is 1. The van der Waals surface area contributed by atoms with Crippen LogP contribution in [0.15, 0.2) is 36.5 Å². The Morgan fingerprint density at radius 1 is 1.29 bits per heavy atom. The Hall–Kier alpha value is -1.06. The lowest BCUT2D eigenvalue weighted by Crippen LogP contribution is -1.97. The largest absolute Gasteiger partial charge is 0.379 e. The molecule has 0 spiro atoms. The Kier molecular flexibility index (Phi) is 3.01. The molecule has 2 rings (SSSR count). The molecule has 2 nitrogen and oxygen atoms in total. The number of benzene rings is 1. The Balaban J connectivity index is 1.95. The van der Waals surface area contributed by atoms with Gasteiger partial charge in [0.2, 0.25) is 0 Å². The average molecular weight is 225 g/mol. The Morgan fingerprint density at radius 2 is 2.07 bits per heavy atom. The summed E-state index contributed by atoms with van der Waals surface area (Å²) in [6, 6.07) is 10.0. The van der Waals surface area contributed by atoms with Crippen molar-refractivity contribution in [1.29, 1.82) is 0 Å². The van der Waals surface area contributed by atoms with Gasteiger partial charge in [0.25, 0.3) is 0 Å². The summed E-state index contributed by atoms with van der Waals surface area (Å²) in [5, 5.41) is 4.26. The number of anilines is 1. The highest BCUT2D eigenvalue weighted by Gasteiger charge is 1.98. The number of halogens is 1. The zero-order valence-corrected chi connectivity index (χ0v) is 8.98. The standard InChI is InChI=1S/C10H9ClN2S/c11-9-6-13-10(14-9)7-12-8-4-2-1-3-5-8/h1-6,12H,7H2. The van der Waals surface area contributed by atoms with Gasteiger partial charge in [0.1, 0.15) is 9.34 Å². The van der Waals surface area contributed by atoms with E-state index in [0.29, 0.717) is 0 Å². The van der Waals surface area contributed by atoms with Crippen LogP contribution >= 0.6 is 22.9 Å². The third-order valence-electron chi connectivity index (χ3n) is 1.74. The van der Waals surface area contributed by atoms with Gasteiger partial charge in [-0.1, -0.05) is 29.8 Å². The molecule has 1 N–H and O–H groups in total. The predicted octanol–water partition coefficient (Wildman–Crippen LogP) is 3.41. The zero-order chi connectivity index (χ0) is 9.80. The van der Waals surface area contributed by atoms with E-state index in [1.165, 1.54) is 11.3 Å². The van der Waals surface area contributed by atoms with Crippen molar-refractivity contribution in [2.45, 2.75) is 6.54 Å². The second-order valence-electron chi connectivity index (χ2n) is 2.78. The molecule has 0 aliphatic carbocycles. The topological polar surface area (TPSA) is 24.9 Å². The molecule has 0 atom stereocenters. The Morgan fingerprint density at radius 3 is 2.71 bits per heavy atom. The van der Waals surface area contributed by atoms with E-state index in [2.05, 4.69) is 10.3 Å². The number of aromatic nitrogens is 1. The molecular formula is C10H9ClN2S. The van der Waals surface area contributed by atoms with Gasteiger partial charge in [-0.2, -0.15) is 0 Å². The fourth-order valence-electron chi connectivity index (χ4n) is 1.10. The molecule has 0 amide bonds. The molecular weight excluding hydrogens is 216 g/mol. The van der Waals surface area contributed by atoms with Gasteiger partial charge in [-0.15, -0.1) is 11.3 Å². The lowest BCUT2D eigenvalue weighted by Gasteiger charge is -2.02. The van der Waals surface area contributed by atoms with Gasteiger partial charge in [0, 0.05) is 5.69 Å². The number of rotatable bonds is 3. The van der Waals surface area contributed by atoms with E-state index in [-0.39, 0.29) is 0 Å². The van der Waals surface area contributed by atoms with Gasteiger partial charge in [0.15, 0.2) is 0 Å². The van der Waals surface area contributed by atoms with Crippen LogP contribution in [0, 0.1) is 0 Å². The summed E-state index contributed by atoms with van der Waals surface area (Å²) in [5.41, 5.74) is 1.10. The number of hydrogen-bond acceptors (Lipinski definition) is 3. The van der Waals surface area contributed by atoms with Gasteiger partial charge in [-0.3, -0.25) is 0 Å². The van der Waals surface area contributed by atoms with E-state index in [1.54, 1.807) is 6.20 Å². The number of thiazole rings is 1. The van der Waals surface area contributed by atoms with Crippen molar-refractivity contribution >= 4 is 28.6 Å². The Labute approximate surface area is 91.6 Å². The van der Waals surface area contributed by atoms with Crippen LogP contribution in [0.2, 0.25) is 4.34 Å². The maximum atomic E-state index is 5.77. The van der Waals surface area contributed by atoms with Crippen LogP contribution in [-0.4, -0.2) is 4.98 Å². The molecule has 14 heavy (non-hydrogen) atoms. The van der Waals surface area contributed by atoms with Crippen molar-refractivity contribution in [3.63, 3.8) is 0 Å². The fourth-order valence-corrected chi connectivity index (χ4v) is 2.00. The second kappa shape index (κ2) is 4.44. The number of para-hydroxylation sites is 1. The first-order valence-corrected chi connectivity index (χ1v) is 5.43. The fraction of sp³-hybridized carbons (Fsp3) is 0.100. The molecule has 0 unspecified atom stereocenters. The van der Waals surface area contributed by atoms with Gasteiger partial charge < -0.3 is 5.32 Å². The van der Waals surface area contributed by atoms with E-state index in [0.717, 1.165) is 21.6 Å². The summed E-state index contributed by atoms with van der Waals surface area (Å²) in [5.74, 6) is 0. The van der Waals surface area contributed by atoms with E-state index < -0.39 is 0 Å². The first-order valence-electron chi connectivity index (χ1n) is 4.24. The van der Waals surface area contributed by atoms with Gasteiger partial charge >= 0.3 is 0 Å². The smallest absolute Gasteiger partial charge is 0.113 e. The van der Waals surface area contributed by atoms with Crippen LogP contribution in [-0.2, 0) is 6.54 Å². The van der Waals surface area contributed by atoms with Crippen molar-refractivity contribution in [1.82, 2.24) is 4.98 Å². The van der Waals surface area contributed by atoms with Gasteiger partial charge in [-0.05, 0) is 12.1 Å². The van der Waals surface area contributed by atoms with Crippen molar-refractivity contribution in [3.8, 4) is 0 Å². The molecule has 0 radical (unpaired) electrons. The number of nitrogens with zero attached hydrogens (tertiary/aromatic N) is 1. The first-order chi connectivity index (χ1) is 6.84. The molecule has 0 bridgehead atoms. The minimum atomic E-state index is 0.724. The van der Waals surface area contributed by atoms with Crippen molar-refractivity contribution < 1.29 is 0 Å². The maximum Gasteiger partial charge on any atom is 0.113 e. The molecule has 72 valence electrons. The quantitative estimate of drug-likeness (QED) is 0.865. The zero-order valence-electron chi connectivity index (χ0n) is 7.40. The summed E-state index contributed by atoms with van der Waals surface area (Å²) in [7, 11) is 0. The van der Waals surface area contributed by atoms with Crippen LogP contribution in [0.4, 0.5) is 5.69 Å². The van der Waals surface area contributed by atoms with Crippen molar-refractivity contribution in [2.75, 3.05) is 5.32 Å². The lowest BCUT2D eigenvalue weighted by atomic mass is 10.3. The van der Waals surface area contributed by atoms with Crippen LogP contribution in [0.3, 0.4) is 0 Å². The minimum Gasteiger partial charge on any atom is -0.379 e. The van der Waals surface area contributed by atoms with Crippen LogP contribution in [0.1, 0.15) is 5.01 Å². The molecule has 0 saturated heterocycles. The van der Waals surface area contributed by atoms with Crippen LogP contribution in [0.25, 0.3) is 0 Å². The van der Waals surface area contributed by atoms with Gasteiger partial charge in [-0.25, -0.2) is 4.98 Å². The summed E-state index contributed by atoms with van der Waals surface area (Å²) in [4.78, 5) is 4.15. The van der Waals surface area contributed by atoms with Crippen molar-refractivity contribution in [2.24, 2.45) is 0 Å². The SMILES string of the molecule is Clc1cnc(CNc2ccccc2)s1. The van der Waals surface area contributed by atoms with E-state index in [1.807, 2.05) is 30.3 Å². The monoisotopic (exact) mass is 224 g/mol. The number of hydrogen-bond donors (Lipinski definition) is 1. The normalized spacial score (nSPS) is 10.1. The Bertz CT molecular complexity index is 400. The van der Waals surface area contributed by atoms with Crippen molar-refractivity contribution in [3.05, 3.63) is 45.9 Å². The average Bonchev–Trinajstić information content (AvgIpc) is 2.63. The molecule has 1 aromatic heterocycles. The molecule has 1 aromatic carbocycles. The second-order valence-corrected chi connectivity index (χ2v) is 4.52. The molecule has 0 aliphatic rings. The molecule has 1 heterocycles. The minimum absolute atomic E-state index is 0.724. The van der Waals surface area contributed by atoms with Crippen LogP contribution < -0.4 is 5.32 Å². The summed E-state index contributed by atoms with van der Waals surface area (Å²) >= 11 is 7.27. The van der Waals surface area contributed by atoms with Crippen LogP contribution in [0.5, 0.6) is 0 Å². The lowest BCUT2D eigenvalue weighted by molar-refractivity contribution is 1.10. The molecule has 0 aliphatic heterocycles. The third kappa shape index (κ3) is 2.47. The summed E-state index contributed by atoms with van der Waals surface area (Å²) < 4.78 is 0.731. The predicted molar refractivity (Wildman–Crippen MR) is 60.9 cm³/mol. The van der Waals surface area contributed by atoms with Gasteiger partial charge in [0.05, 0.1) is 12.7 Å². The molecule has 0 fully saturated rings. The maximum absolute atomic E-state index is 5.77. The third-order valence-corrected chi connectivity index (χ3v) is 2.86. The highest BCUT2D eigenvalue weighted by molar-refractivity contribution is 7.15.